The Hall–Kier alpha value is -3.31. The number of benzene rings is 2. The predicted octanol–water partition coefficient (Wildman–Crippen LogP) is 4.62. The Kier molecular flexibility index (Phi) is 5.22. The number of nitrogens with zero attached hydrogens (tertiary/aromatic N) is 4. The van der Waals surface area contributed by atoms with Gasteiger partial charge in [-0.3, -0.25) is 25.0 Å². The van der Waals surface area contributed by atoms with Crippen molar-refractivity contribution in [1.29, 1.82) is 0 Å². The van der Waals surface area contributed by atoms with Crippen molar-refractivity contribution in [3.05, 3.63) is 78.8 Å². The van der Waals surface area contributed by atoms with Crippen LogP contribution < -0.4 is 4.90 Å². The minimum Gasteiger partial charge on any atom is -0.307 e. The summed E-state index contributed by atoms with van der Waals surface area (Å²) in [6.07, 6.45) is 0.568. The smallest absolute Gasteiger partial charge is 0.284 e. The summed E-state index contributed by atoms with van der Waals surface area (Å²) in [5, 5.41) is 24.5. The molecular weight excluding hydrogens is 428 g/mol. The molecule has 2 aromatic carbocycles. The standard InChI is InChI=1S/C19H14N4O5S2/c1-11-10-29-19(20-11)30-17-5-3-13(8-16(17)23(27)28)18(24)21-7-6-12-2-4-14(22(25)26)9-15(12)21/h2-5,8-10H,6-7H2,1H3. The molecule has 0 N–H and O–H groups in total. The molecule has 1 amide bonds. The molecule has 152 valence electrons. The van der Waals surface area contributed by atoms with E-state index in [4.69, 9.17) is 0 Å². The van der Waals surface area contributed by atoms with E-state index in [1.807, 2.05) is 12.3 Å². The second-order valence-electron chi connectivity index (χ2n) is 6.57. The number of hydrogen-bond acceptors (Lipinski definition) is 8. The van der Waals surface area contributed by atoms with Crippen molar-refractivity contribution in [2.45, 2.75) is 22.6 Å². The molecular formula is C19H14N4O5S2. The van der Waals surface area contributed by atoms with Crippen LogP contribution in [-0.4, -0.2) is 27.3 Å². The second kappa shape index (κ2) is 7.84. The van der Waals surface area contributed by atoms with Gasteiger partial charge in [0.25, 0.3) is 17.3 Å². The van der Waals surface area contributed by atoms with E-state index in [2.05, 4.69) is 4.98 Å². The highest BCUT2D eigenvalue weighted by molar-refractivity contribution is 8.01. The van der Waals surface area contributed by atoms with Crippen molar-refractivity contribution in [1.82, 2.24) is 4.98 Å². The normalized spacial score (nSPS) is 12.6. The fourth-order valence-electron chi connectivity index (χ4n) is 3.20. The Morgan fingerprint density at radius 1 is 1.17 bits per heavy atom. The lowest BCUT2D eigenvalue weighted by Crippen LogP contribution is -2.29. The van der Waals surface area contributed by atoms with Crippen LogP contribution in [-0.2, 0) is 6.42 Å². The Labute approximate surface area is 178 Å². The summed E-state index contributed by atoms with van der Waals surface area (Å²) in [6, 6.07) is 8.73. The number of fused-ring (bicyclic) bond motifs is 1. The van der Waals surface area contributed by atoms with Crippen molar-refractivity contribution < 1.29 is 14.6 Å². The highest BCUT2D eigenvalue weighted by Crippen LogP contribution is 2.38. The second-order valence-corrected chi connectivity index (χ2v) is 8.72. The minimum absolute atomic E-state index is 0.107. The molecule has 0 spiro atoms. The molecule has 0 atom stereocenters. The van der Waals surface area contributed by atoms with Crippen molar-refractivity contribution in [3.8, 4) is 0 Å². The molecule has 0 bridgehead atoms. The largest absolute Gasteiger partial charge is 0.307 e. The van der Waals surface area contributed by atoms with Crippen LogP contribution in [0.15, 0.2) is 51.0 Å². The molecule has 9 nitrogen and oxygen atoms in total. The molecule has 30 heavy (non-hydrogen) atoms. The zero-order chi connectivity index (χ0) is 21.4. The van der Waals surface area contributed by atoms with E-state index in [-0.39, 0.29) is 16.9 Å². The van der Waals surface area contributed by atoms with Crippen LogP contribution in [0.5, 0.6) is 0 Å². The van der Waals surface area contributed by atoms with Gasteiger partial charge in [0.1, 0.15) is 0 Å². The number of rotatable bonds is 5. The van der Waals surface area contributed by atoms with Gasteiger partial charge >= 0.3 is 0 Å². The molecule has 1 aliphatic heterocycles. The zero-order valence-electron chi connectivity index (χ0n) is 15.6. The number of carbonyl (C=O) groups excluding carboxylic acids is 1. The molecule has 2 heterocycles. The quantitative estimate of drug-likeness (QED) is 0.417. The van der Waals surface area contributed by atoms with Gasteiger partial charge in [-0.15, -0.1) is 11.3 Å². The van der Waals surface area contributed by atoms with Crippen molar-refractivity contribution in [3.63, 3.8) is 0 Å². The maximum atomic E-state index is 13.1. The molecule has 0 saturated heterocycles. The number of hydrogen-bond donors (Lipinski definition) is 0. The predicted molar refractivity (Wildman–Crippen MR) is 113 cm³/mol. The van der Waals surface area contributed by atoms with E-state index in [1.54, 1.807) is 6.07 Å². The summed E-state index contributed by atoms with van der Waals surface area (Å²) in [6.45, 7) is 2.20. The van der Waals surface area contributed by atoms with Crippen LogP contribution >= 0.6 is 23.1 Å². The van der Waals surface area contributed by atoms with Gasteiger partial charge in [0.15, 0.2) is 4.34 Å². The lowest BCUT2D eigenvalue weighted by Gasteiger charge is -2.17. The van der Waals surface area contributed by atoms with Crippen LogP contribution in [0.2, 0.25) is 0 Å². The SMILES string of the molecule is Cc1csc(Sc2ccc(C(=O)N3CCc4ccc([N+](=O)[O-])cc43)cc2[N+](=O)[O-])n1. The van der Waals surface area contributed by atoms with Gasteiger partial charge in [-0.25, -0.2) is 4.98 Å². The van der Waals surface area contributed by atoms with Gasteiger partial charge in [0.2, 0.25) is 0 Å². The lowest BCUT2D eigenvalue weighted by molar-refractivity contribution is -0.387. The maximum absolute atomic E-state index is 13.1. The van der Waals surface area contributed by atoms with Crippen LogP contribution in [0.1, 0.15) is 21.6 Å². The zero-order valence-corrected chi connectivity index (χ0v) is 17.2. The number of nitro benzene ring substituents is 2. The van der Waals surface area contributed by atoms with Gasteiger partial charge in [-0.05, 0) is 31.0 Å². The van der Waals surface area contributed by atoms with Gasteiger partial charge in [0.05, 0.1) is 20.4 Å². The first kappa shape index (κ1) is 20.0. The average Bonchev–Trinajstić information content (AvgIpc) is 3.32. The first-order valence-corrected chi connectivity index (χ1v) is 10.5. The molecule has 4 rings (SSSR count). The molecule has 3 aromatic rings. The molecule has 0 unspecified atom stereocenters. The summed E-state index contributed by atoms with van der Waals surface area (Å²) in [5.74, 6) is -0.431. The van der Waals surface area contributed by atoms with Crippen LogP contribution in [0.3, 0.4) is 0 Å². The van der Waals surface area contributed by atoms with Crippen LogP contribution in [0.4, 0.5) is 17.1 Å². The fourth-order valence-corrected chi connectivity index (χ4v) is 5.08. The van der Waals surface area contributed by atoms with E-state index in [9.17, 15) is 25.0 Å². The molecule has 1 aromatic heterocycles. The van der Waals surface area contributed by atoms with Gasteiger partial charge in [0, 0.05) is 41.4 Å². The average molecular weight is 442 g/mol. The van der Waals surface area contributed by atoms with Crippen LogP contribution in [0, 0.1) is 27.2 Å². The Balaban J connectivity index is 1.66. The van der Waals surface area contributed by atoms with Gasteiger partial charge < -0.3 is 4.90 Å². The number of aryl methyl sites for hydroxylation is 1. The molecule has 0 saturated carbocycles. The monoisotopic (exact) mass is 442 g/mol. The van der Waals surface area contributed by atoms with E-state index >= 15 is 0 Å². The molecule has 0 fully saturated rings. The highest BCUT2D eigenvalue weighted by Gasteiger charge is 2.29. The Bertz CT molecular complexity index is 1190. The molecule has 11 heteroatoms. The van der Waals surface area contributed by atoms with Crippen LogP contribution in [0.25, 0.3) is 0 Å². The summed E-state index contributed by atoms with van der Waals surface area (Å²) < 4.78 is 0.676. The number of carbonyl (C=O) groups is 1. The Morgan fingerprint density at radius 3 is 2.63 bits per heavy atom. The summed E-state index contributed by atoms with van der Waals surface area (Å²) in [5.41, 5.74) is 1.99. The van der Waals surface area contributed by atoms with E-state index in [0.717, 1.165) is 11.3 Å². The topological polar surface area (TPSA) is 119 Å². The van der Waals surface area contributed by atoms with Crippen molar-refractivity contribution >= 4 is 46.1 Å². The number of non-ortho nitro benzene ring substituents is 1. The van der Waals surface area contributed by atoms with E-state index in [0.29, 0.717) is 27.9 Å². The summed E-state index contributed by atoms with van der Waals surface area (Å²) in [7, 11) is 0. The van der Waals surface area contributed by atoms with E-state index in [1.165, 1.54) is 58.3 Å². The summed E-state index contributed by atoms with van der Waals surface area (Å²) >= 11 is 2.57. The number of amides is 1. The fraction of sp³-hybridized carbons (Fsp3) is 0.158. The first-order chi connectivity index (χ1) is 14.3. The number of anilines is 1. The number of thiazole rings is 1. The highest BCUT2D eigenvalue weighted by atomic mass is 32.2. The van der Waals surface area contributed by atoms with Gasteiger partial charge in [-0.1, -0.05) is 17.8 Å². The minimum atomic E-state index is -0.525. The molecule has 1 aliphatic rings. The maximum Gasteiger partial charge on any atom is 0.284 e. The van der Waals surface area contributed by atoms with Gasteiger partial charge in [-0.2, -0.15) is 0 Å². The summed E-state index contributed by atoms with van der Waals surface area (Å²) in [4.78, 5) is 40.8. The molecule has 0 aliphatic carbocycles. The molecule has 0 radical (unpaired) electrons. The third-order valence-electron chi connectivity index (χ3n) is 4.62. The third-order valence-corrected chi connectivity index (χ3v) is 6.74. The van der Waals surface area contributed by atoms with Crippen molar-refractivity contribution in [2.24, 2.45) is 0 Å². The van der Waals surface area contributed by atoms with E-state index < -0.39 is 15.8 Å². The third kappa shape index (κ3) is 3.76. The lowest BCUT2D eigenvalue weighted by atomic mass is 10.1. The first-order valence-electron chi connectivity index (χ1n) is 8.81. The number of aromatic nitrogens is 1. The Morgan fingerprint density at radius 2 is 1.97 bits per heavy atom. The number of nitro groups is 2. The van der Waals surface area contributed by atoms with Crippen molar-refractivity contribution in [2.75, 3.05) is 11.4 Å².